The van der Waals surface area contributed by atoms with Gasteiger partial charge in [-0.25, -0.2) is 4.83 Å². The van der Waals surface area contributed by atoms with Crippen LogP contribution in [0.1, 0.15) is 11.1 Å². The lowest BCUT2D eigenvalue weighted by molar-refractivity contribution is -0.864. The summed E-state index contributed by atoms with van der Waals surface area (Å²) in [5.74, 6) is 0. The highest BCUT2D eigenvalue weighted by Gasteiger charge is 2.19. The first-order chi connectivity index (χ1) is 13.5. The molecule has 0 radical (unpaired) electrons. The van der Waals surface area contributed by atoms with E-state index < -0.39 is 10.0 Å². The molecule has 0 aliphatic heterocycles. The van der Waals surface area contributed by atoms with E-state index in [0.717, 1.165) is 21.1 Å². The SMILES string of the molecule is Cc1ccc(S(=O)(=O)N/N=C/c2c3ccccc3[n+](O)c3ccccc23)cc1. The van der Waals surface area contributed by atoms with E-state index >= 15 is 0 Å². The van der Waals surface area contributed by atoms with Gasteiger partial charge in [0.15, 0.2) is 0 Å². The van der Waals surface area contributed by atoms with Crippen molar-refractivity contribution >= 4 is 38.0 Å². The second kappa shape index (κ2) is 6.94. The summed E-state index contributed by atoms with van der Waals surface area (Å²) in [6, 6.07) is 21.2. The Balaban J connectivity index is 1.79. The second-order valence-electron chi connectivity index (χ2n) is 6.43. The predicted octanol–water partition coefficient (Wildman–Crippen LogP) is 3.14. The molecule has 2 N–H and O–H groups in total. The van der Waals surface area contributed by atoms with Crippen molar-refractivity contribution < 1.29 is 18.4 Å². The molecule has 0 saturated heterocycles. The Morgan fingerprint density at radius 3 is 2.00 bits per heavy atom. The highest BCUT2D eigenvalue weighted by atomic mass is 32.2. The monoisotopic (exact) mass is 392 g/mol. The van der Waals surface area contributed by atoms with Crippen molar-refractivity contribution in [2.24, 2.45) is 5.10 Å². The molecule has 0 bridgehead atoms. The van der Waals surface area contributed by atoms with Crippen molar-refractivity contribution in [2.75, 3.05) is 0 Å². The summed E-state index contributed by atoms with van der Waals surface area (Å²) in [4.78, 5) is 2.40. The number of aryl methyl sites for hydroxylation is 1. The molecule has 140 valence electrons. The fourth-order valence-electron chi connectivity index (χ4n) is 3.12. The van der Waals surface area contributed by atoms with Crippen LogP contribution in [0.25, 0.3) is 21.8 Å². The number of sulfonamides is 1. The first kappa shape index (κ1) is 17.9. The molecule has 3 aromatic carbocycles. The summed E-state index contributed by atoms with van der Waals surface area (Å²) in [6.07, 6.45) is 1.47. The quantitative estimate of drug-likeness (QED) is 0.184. The number of fused-ring (bicyclic) bond motifs is 2. The standard InChI is InChI=1S/C21H17N3O3S/c1-15-10-12-16(13-11-15)28(26,27)23-22-14-19-17-6-2-4-8-20(17)24(25)21-9-5-3-7-18(19)21/h2-14,25H,1H3/p+1. The Bertz CT molecular complexity index is 1260. The number of pyridine rings is 1. The molecule has 0 atom stereocenters. The van der Waals surface area contributed by atoms with Crippen LogP contribution >= 0.6 is 0 Å². The smallest absolute Gasteiger partial charge is 0.276 e. The zero-order valence-electron chi connectivity index (χ0n) is 15.1. The van der Waals surface area contributed by atoms with Gasteiger partial charge in [0.25, 0.3) is 21.1 Å². The normalized spacial score (nSPS) is 12.0. The molecule has 28 heavy (non-hydrogen) atoms. The van der Waals surface area contributed by atoms with Crippen LogP contribution in [0.5, 0.6) is 0 Å². The predicted molar refractivity (Wildman–Crippen MR) is 108 cm³/mol. The lowest BCUT2D eigenvalue weighted by Gasteiger charge is -2.06. The summed E-state index contributed by atoms with van der Waals surface area (Å²) in [5, 5.41) is 16.0. The number of hydrazone groups is 1. The molecule has 0 spiro atoms. The van der Waals surface area contributed by atoms with Crippen molar-refractivity contribution in [1.29, 1.82) is 0 Å². The molecule has 0 amide bonds. The van der Waals surface area contributed by atoms with Crippen LogP contribution in [-0.2, 0) is 10.0 Å². The molecule has 1 aromatic heterocycles. The molecule has 6 nitrogen and oxygen atoms in total. The van der Waals surface area contributed by atoms with Crippen molar-refractivity contribution in [3.05, 3.63) is 83.9 Å². The first-order valence-corrected chi connectivity index (χ1v) is 10.1. The lowest BCUT2D eigenvalue weighted by Crippen LogP contribution is -2.32. The number of nitrogens with zero attached hydrogens (tertiary/aromatic N) is 2. The van der Waals surface area contributed by atoms with E-state index in [0.29, 0.717) is 16.6 Å². The Labute approximate surface area is 162 Å². The van der Waals surface area contributed by atoms with Gasteiger partial charge in [0, 0.05) is 22.4 Å². The topological polar surface area (TPSA) is 82.6 Å². The third-order valence-corrected chi connectivity index (χ3v) is 5.78. The second-order valence-corrected chi connectivity index (χ2v) is 8.09. The molecular formula is C21H18N3O3S+. The minimum atomic E-state index is -3.76. The van der Waals surface area contributed by atoms with Gasteiger partial charge in [-0.2, -0.15) is 13.5 Å². The van der Waals surface area contributed by atoms with Crippen LogP contribution in [0.15, 0.2) is 82.8 Å². The summed E-state index contributed by atoms with van der Waals surface area (Å²) in [7, 11) is -3.76. The average Bonchev–Trinajstić information content (AvgIpc) is 2.71. The average molecular weight is 392 g/mol. The molecule has 1 heterocycles. The Morgan fingerprint density at radius 1 is 0.893 bits per heavy atom. The maximum Gasteiger partial charge on any atom is 0.276 e. The number of aromatic nitrogens is 1. The van der Waals surface area contributed by atoms with Crippen LogP contribution in [0.4, 0.5) is 0 Å². The molecular weight excluding hydrogens is 374 g/mol. The minimum Gasteiger partial charge on any atom is -0.284 e. The van der Waals surface area contributed by atoms with E-state index in [1.165, 1.54) is 18.3 Å². The zero-order chi connectivity index (χ0) is 19.7. The summed E-state index contributed by atoms with van der Waals surface area (Å²) in [5.41, 5.74) is 2.89. The fourth-order valence-corrected chi connectivity index (χ4v) is 3.91. The summed E-state index contributed by atoms with van der Waals surface area (Å²) >= 11 is 0. The van der Waals surface area contributed by atoms with Crippen molar-refractivity contribution in [2.45, 2.75) is 11.8 Å². The van der Waals surface area contributed by atoms with Gasteiger partial charge in [0.05, 0.1) is 21.9 Å². The van der Waals surface area contributed by atoms with Crippen LogP contribution in [0.3, 0.4) is 0 Å². The molecule has 0 aliphatic carbocycles. The molecule has 0 unspecified atom stereocenters. The molecule has 7 heteroatoms. The molecule has 4 aromatic rings. The largest absolute Gasteiger partial charge is 0.284 e. The summed E-state index contributed by atoms with van der Waals surface area (Å²) < 4.78 is 26.0. The summed E-state index contributed by atoms with van der Waals surface area (Å²) in [6.45, 7) is 1.89. The Morgan fingerprint density at radius 2 is 1.43 bits per heavy atom. The molecule has 0 aliphatic rings. The number of hydrogen-bond acceptors (Lipinski definition) is 4. The van der Waals surface area contributed by atoms with E-state index in [9.17, 15) is 13.6 Å². The van der Waals surface area contributed by atoms with Gasteiger partial charge in [-0.15, -0.1) is 0 Å². The van der Waals surface area contributed by atoms with E-state index in [-0.39, 0.29) is 4.90 Å². The van der Waals surface area contributed by atoms with Crippen LogP contribution < -0.4 is 9.56 Å². The zero-order valence-corrected chi connectivity index (χ0v) is 15.9. The number of hydrogen-bond donors (Lipinski definition) is 2. The van der Waals surface area contributed by atoms with Crippen molar-refractivity contribution in [1.82, 2.24) is 4.83 Å². The van der Waals surface area contributed by atoms with E-state index in [1.807, 2.05) is 43.3 Å². The third kappa shape index (κ3) is 3.16. The Hall–Kier alpha value is -3.45. The highest BCUT2D eigenvalue weighted by molar-refractivity contribution is 7.89. The minimum absolute atomic E-state index is 0.145. The molecule has 0 saturated carbocycles. The van der Waals surface area contributed by atoms with Gasteiger partial charge in [-0.1, -0.05) is 42.0 Å². The van der Waals surface area contributed by atoms with E-state index in [1.54, 1.807) is 24.3 Å². The maximum absolute atomic E-state index is 12.4. The Kier molecular flexibility index (Phi) is 4.44. The highest BCUT2D eigenvalue weighted by Crippen LogP contribution is 2.23. The maximum atomic E-state index is 12.4. The van der Waals surface area contributed by atoms with Gasteiger partial charge < -0.3 is 0 Å². The molecule has 4 rings (SSSR count). The van der Waals surface area contributed by atoms with Gasteiger partial charge in [-0.3, -0.25) is 5.21 Å². The van der Waals surface area contributed by atoms with Gasteiger partial charge in [0.1, 0.15) is 0 Å². The van der Waals surface area contributed by atoms with Gasteiger partial charge in [0.2, 0.25) is 0 Å². The van der Waals surface area contributed by atoms with Crippen LogP contribution in [0, 0.1) is 6.92 Å². The number of benzene rings is 3. The van der Waals surface area contributed by atoms with Gasteiger partial charge >= 0.3 is 0 Å². The van der Waals surface area contributed by atoms with E-state index in [4.69, 9.17) is 0 Å². The van der Waals surface area contributed by atoms with Crippen molar-refractivity contribution in [3.8, 4) is 0 Å². The van der Waals surface area contributed by atoms with Crippen molar-refractivity contribution in [3.63, 3.8) is 0 Å². The number of nitrogens with one attached hydrogen (secondary N) is 1. The van der Waals surface area contributed by atoms with E-state index in [2.05, 4.69) is 9.93 Å². The first-order valence-electron chi connectivity index (χ1n) is 8.64. The van der Waals surface area contributed by atoms with Crippen LogP contribution in [0.2, 0.25) is 0 Å². The number of rotatable bonds is 4. The molecule has 0 fully saturated rings. The number of para-hydroxylation sites is 2. The lowest BCUT2D eigenvalue weighted by atomic mass is 10.0. The van der Waals surface area contributed by atoms with Gasteiger partial charge in [-0.05, 0) is 31.2 Å². The fraction of sp³-hybridized carbons (Fsp3) is 0.0476. The third-order valence-electron chi connectivity index (χ3n) is 4.54. The van der Waals surface area contributed by atoms with Crippen LogP contribution in [-0.4, -0.2) is 19.8 Å².